The first kappa shape index (κ1) is 20.9. The van der Waals surface area contributed by atoms with Crippen molar-refractivity contribution in [1.82, 2.24) is 24.5 Å². The maximum atomic E-state index is 12.8. The van der Waals surface area contributed by atoms with Gasteiger partial charge in [-0.25, -0.2) is 4.68 Å². The predicted octanol–water partition coefficient (Wildman–Crippen LogP) is 4.42. The molecule has 2 atom stereocenters. The van der Waals surface area contributed by atoms with Gasteiger partial charge in [-0.3, -0.25) is 9.36 Å². The van der Waals surface area contributed by atoms with Crippen molar-refractivity contribution in [3.8, 4) is 11.4 Å². The molecule has 0 aliphatic carbocycles. The molecule has 0 spiro atoms. The zero-order chi connectivity index (χ0) is 20.8. The van der Waals surface area contributed by atoms with E-state index < -0.39 is 0 Å². The summed E-state index contributed by atoms with van der Waals surface area (Å²) >= 11 is 1.38. The van der Waals surface area contributed by atoms with E-state index in [2.05, 4.69) is 41.0 Å². The predicted molar refractivity (Wildman–Crippen MR) is 117 cm³/mol. The van der Waals surface area contributed by atoms with E-state index in [1.807, 2.05) is 52.6 Å². The van der Waals surface area contributed by atoms with Crippen molar-refractivity contribution in [3.05, 3.63) is 55.3 Å². The molecule has 29 heavy (non-hydrogen) atoms. The molecule has 1 N–H and O–H groups in total. The average Bonchev–Trinajstić information content (AvgIpc) is 3.35. The zero-order valence-electron chi connectivity index (χ0n) is 16.9. The van der Waals surface area contributed by atoms with E-state index >= 15 is 0 Å². The normalized spacial score (nSPS) is 13.1. The molecule has 2 aromatic heterocycles. The highest BCUT2D eigenvalue weighted by Crippen LogP contribution is 2.27. The molecule has 0 unspecified atom stereocenters. The van der Waals surface area contributed by atoms with Crippen molar-refractivity contribution in [1.29, 1.82) is 0 Å². The van der Waals surface area contributed by atoms with Crippen LogP contribution < -0.4 is 5.32 Å². The van der Waals surface area contributed by atoms with Gasteiger partial charge in [0.25, 0.3) is 0 Å². The zero-order valence-corrected chi connectivity index (χ0v) is 17.8. The lowest BCUT2D eigenvalue weighted by Gasteiger charge is -2.16. The van der Waals surface area contributed by atoms with E-state index in [4.69, 9.17) is 0 Å². The van der Waals surface area contributed by atoms with Crippen molar-refractivity contribution < 1.29 is 4.79 Å². The van der Waals surface area contributed by atoms with E-state index in [-0.39, 0.29) is 17.2 Å². The minimum absolute atomic E-state index is 0.102. The monoisotopic (exact) mass is 410 g/mol. The van der Waals surface area contributed by atoms with Crippen LogP contribution >= 0.6 is 11.8 Å². The number of nitrogens with one attached hydrogen (secondary N) is 1. The number of anilines is 1. The summed E-state index contributed by atoms with van der Waals surface area (Å²) in [6.45, 7) is 10.4. The Hall–Kier alpha value is -2.87. The number of benzene rings is 1. The van der Waals surface area contributed by atoms with Gasteiger partial charge in [0.2, 0.25) is 5.91 Å². The summed E-state index contributed by atoms with van der Waals surface area (Å²) in [7, 11) is 0. The lowest BCUT2D eigenvalue weighted by molar-refractivity contribution is -0.115. The number of carbonyl (C=O) groups excluding carboxylic acids is 1. The van der Waals surface area contributed by atoms with Crippen LogP contribution in [0.3, 0.4) is 0 Å². The molecule has 0 fully saturated rings. The molecular formula is C21H26N6OS. The van der Waals surface area contributed by atoms with Gasteiger partial charge in [-0.05, 0) is 20.3 Å². The molecule has 0 bridgehead atoms. The number of aromatic nitrogens is 5. The fourth-order valence-corrected chi connectivity index (χ4v) is 3.71. The van der Waals surface area contributed by atoms with Crippen LogP contribution in [-0.2, 0) is 11.3 Å². The fourth-order valence-electron chi connectivity index (χ4n) is 2.85. The summed E-state index contributed by atoms with van der Waals surface area (Å²) in [6.07, 6.45) is 4.43. The lowest BCUT2D eigenvalue weighted by Crippen LogP contribution is -2.25. The summed E-state index contributed by atoms with van der Waals surface area (Å²) in [6, 6.07) is 11.9. The Morgan fingerprint density at radius 1 is 1.24 bits per heavy atom. The molecular weight excluding hydrogens is 384 g/mol. The minimum Gasteiger partial charge on any atom is -0.310 e. The Morgan fingerprint density at radius 2 is 2.00 bits per heavy atom. The quantitative estimate of drug-likeness (QED) is 0.417. The van der Waals surface area contributed by atoms with Gasteiger partial charge in [-0.1, -0.05) is 55.1 Å². The van der Waals surface area contributed by atoms with Crippen molar-refractivity contribution in [2.75, 3.05) is 5.32 Å². The molecule has 0 aliphatic heterocycles. The van der Waals surface area contributed by atoms with Crippen LogP contribution in [0.4, 0.5) is 5.82 Å². The van der Waals surface area contributed by atoms with Crippen LogP contribution in [0, 0.1) is 0 Å². The molecule has 0 saturated heterocycles. The van der Waals surface area contributed by atoms with Crippen LogP contribution in [0.15, 0.2) is 60.4 Å². The Morgan fingerprint density at radius 3 is 2.69 bits per heavy atom. The fraction of sp³-hybridized carbons (Fsp3) is 0.333. The molecule has 2 heterocycles. The smallest absolute Gasteiger partial charge is 0.238 e. The Bertz CT molecular complexity index is 965. The highest BCUT2D eigenvalue weighted by atomic mass is 32.2. The summed E-state index contributed by atoms with van der Waals surface area (Å²) in [5.74, 6) is 1.36. The molecule has 0 radical (unpaired) electrons. The van der Waals surface area contributed by atoms with Crippen molar-refractivity contribution in [3.63, 3.8) is 0 Å². The molecule has 152 valence electrons. The summed E-state index contributed by atoms with van der Waals surface area (Å²) in [5, 5.41) is 16.3. The number of hydrogen-bond donors (Lipinski definition) is 1. The van der Waals surface area contributed by atoms with Gasteiger partial charge in [-0.15, -0.1) is 16.8 Å². The van der Waals surface area contributed by atoms with Gasteiger partial charge in [-0.2, -0.15) is 5.10 Å². The van der Waals surface area contributed by atoms with E-state index in [1.54, 1.807) is 12.3 Å². The van der Waals surface area contributed by atoms with Gasteiger partial charge in [0.15, 0.2) is 11.0 Å². The first-order valence-electron chi connectivity index (χ1n) is 9.65. The van der Waals surface area contributed by atoms with Crippen LogP contribution in [0.25, 0.3) is 11.4 Å². The van der Waals surface area contributed by atoms with Crippen molar-refractivity contribution in [2.24, 2.45) is 0 Å². The third-order valence-electron chi connectivity index (χ3n) is 4.64. The first-order chi connectivity index (χ1) is 14.0. The molecule has 0 saturated carbocycles. The van der Waals surface area contributed by atoms with Crippen molar-refractivity contribution in [2.45, 2.75) is 50.2 Å². The molecule has 8 heteroatoms. The molecule has 1 amide bonds. The van der Waals surface area contributed by atoms with Gasteiger partial charge >= 0.3 is 0 Å². The highest BCUT2D eigenvalue weighted by molar-refractivity contribution is 8.00. The van der Waals surface area contributed by atoms with Gasteiger partial charge in [0.05, 0.1) is 17.5 Å². The number of carbonyl (C=O) groups is 1. The number of nitrogens with zero attached hydrogens (tertiary/aromatic N) is 5. The minimum atomic E-state index is -0.355. The van der Waals surface area contributed by atoms with Crippen LogP contribution in [-0.4, -0.2) is 35.7 Å². The SMILES string of the molecule is C=CCn1c(S[C@@H](C)C(=O)Nc2ccnn2[C@H](C)CC)nnc1-c1ccccc1. The molecule has 3 aromatic rings. The summed E-state index contributed by atoms with van der Waals surface area (Å²) in [4.78, 5) is 12.8. The average molecular weight is 411 g/mol. The van der Waals surface area contributed by atoms with Gasteiger partial charge in [0, 0.05) is 18.2 Å². The second-order valence-corrected chi connectivity index (χ2v) is 8.05. The molecule has 3 rings (SSSR count). The Labute approximate surface area is 175 Å². The van der Waals surface area contributed by atoms with Crippen LogP contribution in [0.5, 0.6) is 0 Å². The highest BCUT2D eigenvalue weighted by Gasteiger charge is 2.22. The molecule has 0 aliphatic rings. The molecule has 7 nitrogen and oxygen atoms in total. The number of rotatable bonds is 9. The summed E-state index contributed by atoms with van der Waals surface area (Å²) < 4.78 is 3.81. The third kappa shape index (κ3) is 4.76. The Kier molecular flexibility index (Phi) is 6.87. The van der Waals surface area contributed by atoms with E-state index in [0.717, 1.165) is 17.8 Å². The maximum absolute atomic E-state index is 12.8. The summed E-state index contributed by atoms with van der Waals surface area (Å²) in [5.41, 5.74) is 0.975. The maximum Gasteiger partial charge on any atom is 0.238 e. The van der Waals surface area contributed by atoms with Gasteiger partial charge < -0.3 is 5.32 Å². The number of allylic oxidation sites excluding steroid dienone is 1. The van der Waals surface area contributed by atoms with E-state index in [0.29, 0.717) is 17.5 Å². The van der Waals surface area contributed by atoms with E-state index in [9.17, 15) is 4.79 Å². The van der Waals surface area contributed by atoms with Gasteiger partial charge in [0.1, 0.15) is 5.82 Å². The largest absolute Gasteiger partial charge is 0.310 e. The topological polar surface area (TPSA) is 77.6 Å². The first-order valence-corrected chi connectivity index (χ1v) is 10.5. The van der Waals surface area contributed by atoms with Crippen molar-refractivity contribution >= 4 is 23.5 Å². The number of amides is 1. The standard InChI is InChI=1S/C21H26N6OS/c1-5-14-26-19(17-10-8-7-9-11-17)24-25-21(26)29-16(4)20(28)23-18-12-13-22-27(18)15(3)6-2/h5,7-13,15-16H,1,6,14H2,2-4H3,(H,23,28)/t15-,16+/m1/s1. The number of thioether (sulfide) groups is 1. The Balaban J connectivity index is 1.76. The van der Waals surface area contributed by atoms with Crippen LogP contribution in [0.2, 0.25) is 0 Å². The third-order valence-corrected chi connectivity index (χ3v) is 5.72. The second-order valence-electron chi connectivity index (χ2n) is 6.74. The molecule has 1 aromatic carbocycles. The number of hydrogen-bond acceptors (Lipinski definition) is 5. The lowest BCUT2D eigenvalue weighted by atomic mass is 10.2. The van der Waals surface area contributed by atoms with Crippen LogP contribution in [0.1, 0.15) is 33.2 Å². The second kappa shape index (κ2) is 9.56. The van der Waals surface area contributed by atoms with E-state index in [1.165, 1.54) is 11.8 Å².